The maximum Gasteiger partial charge on any atom is 0.119 e. The molecule has 0 fully saturated rings. The molecule has 0 aliphatic carbocycles. The quantitative estimate of drug-likeness (QED) is 0.574. The van der Waals surface area contributed by atoms with Gasteiger partial charge in [0.05, 0.1) is 24.5 Å². The van der Waals surface area contributed by atoms with Crippen molar-refractivity contribution in [3.8, 4) is 5.75 Å². The molecular formula is C19H20N4O. The third kappa shape index (κ3) is 3.46. The number of ether oxygens (including phenoxy) is 1. The molecule has 0 atom stereocenters. The van der Waals surface area contributed by atoms with E-state index in [1.165, 1.54) is 0 Å². The molecule has 0 saturated carbocycles. The van der Waals surface area contributed by atoms with Gasteiger partial charge in [-0.05, 0) is 42.0 Å². The Morgan fingerprint density at radius 2 is 1.88 bits per heavy atom. The first kappa shape index (κ1) is 15.8. The number of fused-ring (bicyclic) bond motifs is 1. The first-order valence-corrected chi connectivity index (χ1v) is 7.66. The lowest BCUT2D eigenvalue weighted by molar-refractivity contribution is 0.415. The number of hydrogen-bond acceptors (Lipinski definition) is 5. The molecule has 1 heterocycles. The molecule has 3 aromatic rings. The molecule has 0 unspecified atom stereocenters. The van der Waals surface area contributed by atoms with Crippen LogP contribution in [0, 0.1) is 0 Å². The molecule has 0 aliphatic rings. The summed E-state index contributed by atoms with van der Waals surface area (Å²) in [5.41, 5.74) is 7.06. The molecule has 2 aromatic carbocycles. The second-order valence-corrected chi connectivity index (χ2v) is 5.60. The van der Waals surface area contributed by atoms with Crippen LogP contribution in [0.4, 0.5) is 11.4 Å². The fourth-order valence-corrected chi connectivity index (χ4v) is 2.38. The third-order valence-corrected chi connectivity index (χ3v) is 3.76. The Hall–Kier alpha value is -3.08. The van der Waals surface area contributed by atoms with Gasteiger partial charge in [-0.15, -0.1) is 0 Å². The smallest absolute Gasteiger partial charge is 0.119 e. The normalized spacial score (nSPS) is 11.0. The first-order valence-electron chi connectivity index (χ1n) is 7.66. The Kier molecular flexibility index (Phi) is 4.61. The van der Waals surface area contributed by atoms with Gasteiger partial charge in [0.1, 0.15) is 5.75 Å². The van der Waals surface area contributed by atoms with Crippen LogP contribution in [0.3, 0.4) is 0 Å². The maximum atomic E-state index is 5.28. The van der Waals surface area contributed by atoms with E-state index in [-0.39, 0.29) is 0 Å². The highest BCUT2D eigenvalue weighted by Gasteiger charge is 2.03. The van der Waals surface area contributed by atoms with Crippen molar-refractivity contribution < 1.29 is 4.74 Å². The summed E-state index contributed by atoms with van der Waals surface area (Å²) in [6, 6.07) is 15.9. The van der Waals surface area contributed by atoms with Crippen molar-refractivity contribution in [2.24, 2.45) is 5.10 Å². The summed E-state index contributed by atoms with van der Waals surface area (Å²) in [6.07, 6.45) is 3.56. The number of pyridine rings is 1. The number of methoxy groups -OCH3 is 1. The van der Waals surface area contributed by atoms with Gasteiger partial charge in [-0.2, -0.15) is 5.10 Å². The summed E-state index contributed by atoms with van der Waals surface area (Å²) in [5, 5.41) is 5.30. The Labute approximate surface area is 141 Å². The molecule has 24 heavy (non-hydrogen) atoms. The topological polar surface area (TPSA) is 49.8 Å². The van der Waals surface area contributed by atoms with E-state index in [1.807, 2.05) is 50.5 Å². The largest absolute Gasteiger partial charge is 0.497 e. The van der Waals surface area contributed by atoms with Gasteiger partial charge in [0.25, 0.3) is 0 Å². The lowest BCUT2D eigenvalue weighted by Crippen LogP contribution is -2.08. The molecule has 3 rings (SSSR count). The zero-order valence-corrected chi connectivity index (χ0v) is 14.0. The van der Waals surface area contributed by atoms with E-state index < -0.39 is 0 Å². The van der Waals surface area contributed by atoms with Crippen molar-refractivity contribution in [1.82, 2.24) is 4.98 Å². The summed E-state index contributed by atoms with van der Waals surface area (Å²) in [4.78, 5) is 6.42. The van der Waals surface area contributed by atoms with Gasteiger partial charge in [-0.3, -0.25) is 10.4 Å². The van der Waals surface area contributed by atoms with E-state index >= 15 is 0 Å². The van der Waals surface area contributed by atoms with E-state index in [0.29, 0.717) is 0 Å². The van der Waals surface area contributed by atoms with Crippen LogP contribution in [0.15, 0.2) is 59.8 Å². The van der Waals surface area contributed by atoms with Crippen LogP contribution in [0.5, 0.6) is 5.75 Å². The Bertz CT molecular complexity index is 857. The number of hydrazone groups is 1. The molecule has 1 N–H and O–H groups in total. The second kappa shape index (κ2) is 7.00. The van der Waals surface area contributed by atoms with Crippen molar-refractivity contribution >= 4 is 28.5 Å². The number of anilines is 2. The summed E-state index contributed by atoms with van der Waals surface area (Å²) < 4.78 is 5.28. The molecule has 5 heteroatoms. The van der Waals surface area contributed by atoms with Gasteiger partial charge in [-0.1, -0.05) is 12.1 Å². The second-order valence-electron chi connectivity index (χ2n) is 5.60. The van der Waals surface area contributed by atoms with Gasteiger partial charge in [0.15, 0.2) is 0 Å². The van der Waals surface area contributed by atoms with Gasteiger partial charge in [0.2, 0.25) is 0 Å². The minimum absolute atomic E-state index is 0.793. The fraction of sp³-hybridized carbons (Fsp3) is 0.158. The average Bonchev–Trinajstić information content (AvgIpc) is 2.62. The van der Waals surface area contributed by atoms with Crippen molar-refractivity contribution in [3.05, 3.63) is 60.3 Å². The Morgan fingerprint density at radius 1 is 1.08 bits per heavy atom. The van der Waals surface area contributed by atoms with E-state index in [9.17, 15) is 0 Å². The Morgan fingerprint density at radius 3 is 2.58 bits per heavy atom. The van der Waals surface area contributed by atoms with Gasteiger partial charge in [0, 0.05) is 31.4 Å². The van der Waals surface area contributed by atoms with Crippen molar-refractivity contribution in [2.45, 2.75) is 0 Å². The van der Waals surface area contributed by atoms with Crippen molar-refractivity contribution in [2.75, 3.05) is 31.5 Å². The molecule has 0 spiro atoms. The van der Waals surface area contributed by atoms with Crippen LogP contribution in [0.25, 0.3) is 10.9 Å². The number of aromatic nitrogens is 1. The molecule has 0 amide bonds. The number of hydrogen-bond donors (Lipinski definition) is 1. The summed E-state index contributed by atoms with van der Waals surface area (Å²) >= 11 is 0. The van der Waals surface area contributed by atoms with Crippen LogP contribution in [0.1, 0.15) is 5.56 Å². The number of nitrogens with one attached hydrogen (secondary N) is 1. The molecule has 0 saturated heterocycles. The van der Waals surface area contributed by atoms with Gasteiger partial charge < -0.3 is 9.64 Å². The van der Waals surface area contributed by atoms with Crippen LogP contribution in [-0.2, 0) is 0 Å². The highest BCUT2D eigenvalue weighted by Crippen LogP contribution is 2.25. The lowest BCUT2D eigenvalue weighted by atomic mass is 10.2. The number of benzene rings is 2. The van der Waals surface area contributed by atoms with Gasteiger partial charge in [-0.25, -0.2) is 0 Å². The highest BCUT2D eigenvalue weighted by atomic mass is 16.5. The zero-order chi connectivity index (χ0) is 16.9. The zero-order valence-electron chi connectivity index (χ0n) is 14.0. The Balaban J connectivity index is 1.79. The summed E-state index contributed by atoms with van der Waals surface area (Å²) in [7, 11) is 5.70. The van der Waals surface area contributed by atoms with E-state index in [4.69, 9.17) is 4.74 Å². The van der Waals surface area contributed by atoms with Gasteiger partial charge >= 0.3 is 0 Å². The van der Waals surface area contributed by atoms with Crippen molar-refractivity contribution in [1.29, 1.82) is 0 Å². The van der Waals surface area contributed by atoms with Crippen LogP contribution < -0.4 is 15.1 Å². The summed E-state index contributed by atoms with van der Waals surface area (Å²) in [5.74, 6) is 0.793. The summed E-state index contributed by atoms with van der Waals surface area (Å²) in [6.45, 7) is 0. The van der Waals surface area contributed by atoms with Crippen LogP contribution in [-0.4, -0.2) is 32.4 Å². The van der Waals surface area contributed by atoms with Crippen molar-refractivity contribution in [3.63, 3.8) is 0 Å². The molecule has 0 radical (unpaired) electrons. The predicted octanol–water partition coefficient (Wildman–Crippen LogP) is 3.76. The predicted molar refractivity (Wildman–Crippen MR) is 100 cm³/mol. The van der Waals surface area contributed by atoms with Crippen LogP contribution >= 0.6 is 0 Å². The van der Waals surface area contributed by atoms with E-state index in [1.54, 1.807) is 19.5 Å². The molecule has 122 valence electrons. The minimum Gasteiger partial charge on any atom is -0.497 e. The fourth-order valence-electron chi connectivity index (χ4n) is 2.38. The maximum absolute atomic E-state index is 5.28. The molecule has 0 aliphatic heterocycles. The molecule has 0 bridgehead atoms. The average molecular weight is 320 g/mol. The third-order valence-electron chi connectivity index (χ3n) is 3.76. The number of rotatable bonds is 5. The lowest BCUT2D eigenvalue weighted by Gasteiger charge is -2.11. The monoisotopic (exact) mass is 320 g/mol. The minimum atomic E-state index is 0.793. The molecule has 1 aromatic heterocycles. The highest BCUT2D eigenvalue weighted by molar-refractivity contribution is 5.92. The molecule has 5 nitrogen and oxygen atoms in total. The number of nitrogens with zero attached hydrogens (tertiary/aromatic N) is 3. The van der Waals surface area contributed by atoms with E-state index in [0.717, 1.165) is 33.6 Å². The first-order chi connectivity index (χ1) is 11.7. The van der Waals surface area contributed by atoms with E-state index in [2.05, 4.69) is 32.5 Å². The molecular weight excluding hydrogens is 300 g/mol. The SMILES string of the molecule is COc1ccc2nccc(N/N=C/c3ccc(N(C)C)cc3)c2c1. The van der Waals surface area contributed by atoms with Crippen LogP contribution in [0.2, 0.25) is 0 Å². The standard InChI is InChI=1S/C19H20N4O/c1-23(2)15-6-4-14(5-7-15)13-21-22-19-10-11-20-18-9-8-16(24-3)12-17(18)19/h4-13H,1-3H3,(H,20,22)/b21-13+.